The highest BCUT2D eigenvalue weighted by molar-refractivity contribution is 6.08. The Morgan fingerprint density at radius 3 is 2.40 bits per heavy atom. The van der Waals surface area contributed by atoms with E-state index >= 15 is 0 Å². The fourth-order valence-electron chi connectivity index (χ4n) is 5.38. The van der Waals surface area contributed by atoms with Gasteiger partial charge in [-0.25, -0.2) is 4.39 Å². The highest BCUT2D eigenvalue weighted by Crippen LogP contribution is 2.45. The van der Waals surface area contributed by atoms with Gasteiger partial charge in [0.1, 0.15) is 11.6 Å². The molecule has 0 bridgehead atoms. The lowest BCUT2D eigenvalue weighted by molar-refractivity contribution is -0.135. The first-order valence-electron chi connectivity index (χ1n) is 14.1. The normalized spacial score (nSPS) is 15.9. The van der Waals surface area contributed by atoms with E-state index in [0.29, 0.717) is 41.7 Å². The number of allylic oxidation sites excluding steroid dienone is 2. The van der Waals surface area contributed by atoms with Crippen LogP contribution in [-0.2, 0) is 16.1 Å². The molecule has 2 aliphatic rings. The number of benzene rings is 2. The molecule has 43 heavy (non-hydrogen) atoms. The van der Waals surface area contributed by atoms with Crippen molar-refractivity contribution in [3.63, 3.8) is 0 Å². The summed E-state index contributed by atoms with van der Waals surface area (Å²) in [4.78, 5) is 29.6. The first kappa shape index (κ1) is 29.9. The third kappa shape index (κ3) is 6.75. The van der Waals surface area contributed by atoms with Crippen LogP contribution in [0.25, 0.3) is 17.2 Å². The van der Waals surface area contributed by atoms with Crippen molar-refractivity contribution in [2.75, 3.05) is 54.1 Å². The molecule has 226 valence electrons. The number of nitrogens with zero attached hydrogens (tertiary/aromatic N) is 2. The smallest absolute Gasteiger partial charge is 0.260 e. The fourth-order valence-corrected chi connectivity index (χ4v) is 5.38. The predicted octanol–water partition coefficient (Wildman–Crippen LogP) is 4.62. The highest BCUT2D eigenvalue weighted by Gasteiger charge is 2.27. The van der Waals surface area contributed by atoms with Crippen molar-refractivity contribution in [1.82, 2.24) is 15.1 Å². The number of amides is 2. The molecule has 3 aromatic rings. The van der Waals surface area contributed by atoms with Crippen LogP contribution in [0.3, 0.4) is 0 Å². The van der Waals surface area contributed by atoms with Gasteiger partial charge in [-0.3, -0.25) is 9.59 Å². The predicted molar refractivity (Wildman–Crippen MR) is 161 cm³/mol. The van der Waals surface area contributed by atoms with Crippen LogP contribution in [-0.4, -0.2) is 75.7 Å². The lowest BCUT2D eigenvalue weighted by atomic mass is 10.00. The van der Waals surface area contributed by atoms with Crippen LogP contribution in [0.5, 0.6) is 17.2 Å². The fraction of sp³-hybridized carbons (Fsp3) is 0.333. The van der Waals surface area contributed by atoms with E-state index in [0.717, 1.165) is 40.9 Å². The summed E-state index contributed by atoms with van der Waals surface area (Å²) in [5.41, 5.74) is 4.72. The maximum atomic E-state index is 14.4. The molecule has 2 amide bonds. The SMILES string of the molecule is COc1cc(C=C2C(C)=C(CC(=O)NCc3ccco3)c3cc(F)ccc32)cc(OC)c1OCC(=O)N1CCN(C)CC1. The molecule has 0 spiro atoms. The second-order valence-electron chi connectivity index (χ2n) is 10.6. The molecule has 0 unspecified atom stereocenters. The number of carbonyl (C=O) groups is 2. The van der Waals surface area contributed by atoms with Crippen LogP contribution < -0.4 is 19.5 Å². The number of rotatable bonds is 10. The van der Waals surface area contributed by atoms with Crippen LogP contribution >= 0.6 is 0 Å². The first-order chi connectivity index (χ1) is 20.8. The van der Waals surface area contributed by atoms with E-state index in [1.807, 2.05) is 20.0 Å². The van der Waals surface area contributed by atoms with Crippen molar-refractivity contribution >= 4 is 29.0 Å². The maximum absolute atomic E-state index is 14.4. The zero-order valence-electron chi connectivity index (χ0n) is 24.9. The zero-order valence-corrected chi connectivity index (χ0v) is 24.9. The molecule has 1 N–H and O–H groups in total. The van der Waals surface area contributed by atoms with Crippen molar-refractivity contribution < 1.29 is 32.6 Å². The highest BCUT2D eigenvalue weighted by atomic mass is 19.1. The lowest BCUT2D eigenvalue weighted by Crippen LogP contribution is -2.48. The van der Waals surface area contributed by atoms with Gasteiger partial charge in [0.25, 0.3) is 5.91 Å². The van der Waals surface area contributed by atoms with E-state index in [9.17, 15) is 14.0 Å². The molecule has 0 radical (unpaired) electrons. The topological polar surface area (TPSA) is 93.5 Å². The minimum Gasteiger partial charge on any atom is -0.493 e. The van der Waals surface area contributed by atoms with E-state index < -0.39 is 0 Å². The number of likely N-dealkylation sites (N-methyl/N-ethyl adjacent to an activating group) is 1. The summed E-state index contributed by atoms with van der Waals surface area (Å²) in [6.07, 6.45) is 3.59. The molecule has 0 saturated carbocycles. The Labute approximate surface area is 250 Å². The zero-order chi connectivity index (χ0) is 30.5. The van der Waals surface area contributed by atoms with Crippen molar-refractivity contribution in [1.29, 1.82) is 0 Å². The number of piperazine rings is 1. The molecule has 1 aliphatic carbocycles. The van der Waals surface area contributed by atoms with Crippen LogP contribution in [0.15, 0.2) is 58.7 Å². The Hall–Kier alpha value is -4.57. The molecule has 1 aliphatic heterocycles. The molecule has 2 heterocycles. The van der Waals surface area contributed by atoms with Gasteiger partial charge in [-0.05, 0) is 89.9 Å². The van der Waals surface area contributed by atoms with Gasteiger partial charge >= 0.3 is 0 Å². The third-order valence-electron chi connectivity index (χ3n) is 7.82. The van der Waals surface area contributed by atoms with E-state index in [1.165, 1.54) is 26.4 Å². The number of carbonyl (C=O) groups excluding carboxylic acids is 2. The lowest BCUT2D eigenvalue weighted by Gasteiger charge is -2.32. The van der Waals surface area contributed by atoms with Crippen molar-refractivity contribution in [2.45, 2.75) is 19.9 Å². The Morgan fingerprint density at radius 2 is 1.74 bits per heavy atom. The molecule has 1 fully saturated rings. The van der Waals surface area contributed by atoms with Crippen molar-refractivity contribution in [3.8, 4) is 17.2 Å². The van der Waals surface area contributed by atoms with E-state index in [2.05, 4.69) is 10.2 Å². The number of hydrogen-bond acceptors (Lipinski definition) is 7. The van der Waals surface area contributed by atoms with Gasteiger partial charge in [0, 0.05) is 26.2 Å². The number of halogens is 1. The monoisotopic (exact) mass is 589 g/mol. The van der Waals surface area contributed by atoms with Gasteiger partial charge < -0.3 is 33.7 Å². The molecule has 2 aromatic carbocycles. The van der Waals surface area contributed by atoms with Gasteiger partial charge in [0.05, 0.1) is 33.4 Å². The number of nitrogens with one attached hydrogen (secondary N) is 1. The summed E-state index contributed by atoms with van der Waals surface area (Å²) in [6, 6.07) is 11.8. The average molecular weight is 590 g/mol. The number of ether oxygens (including phenoxy) is 3. The number of fused-ring (bicyclic) bond motifs is 1. The van der Waals surface area contributed by atoms with Gasteiger partial charge in [0.2, 0.25) is 11.7 Å². The van der Waals surface area contributed by atoms with Crippen molar-refractivity contribution in [2.24, 2.45) is 0 Å². The van der Waals surface area contributed by atoms with E-state index in [-0.39, 0.29) is 37.2 Å². The molecular weight excluding hydrogens is 553 g/mol. The van der Waals surface area contributed by atoms with Gasteiger partial charge in [-0.2, -0.15) is 0 Å². The quantitative estimate of drug-likeness (QED) is 0.369. The Balaban J connectivity index is 1.40. The van der Waals surface area contributed by atoms with E-state index in [4.69, 9.17) is 18.6 Å². The summed E-state index contributed by atoms with van der Waals surface area (Å²) in [7, 11) is 5.09. The molecule has 1 aromatic heterocycles. The van der Waals surface area contributed by atoms with Crippen molar-refractivity contribution in [3.05, 3.63) is 82.6 Å². The minimum atomic E-state index is -0.378. The summed E-state index contributed by atoms with van der Waals surface area (Å²) in [5, 5.41) is 2.87. The van der Waals surface area contributed by atoms with Gasteiger partial charge in [-0.1, -0.05) is 6.07 Å². The summed E-state index contributed by atoms with van der Waals surface area (Å²) in [5.74, 6) is 1.14. The largest absolute Gasteiger partial charge is 0.493 e. The standard InChI is InChI=1S/C33H36FN3O6/c1-21-26(25-8-7-23(34)17-28(25)27(21)18-31(38)35-19-24-6-5-13-42-24)14-22-15-29(40-3)33(30(16-22)41-4)43-20-32(39)37-11-9-36(2)10-12-37/h5-8,13-17H,9-12,18-20H2,1-4H3,(H,35,38). The van der Waals surface area contributed by atoms with Crippen LogP contribution in [0.4, 0.5) is 4.39 Å². The summed E-state index contributed by atoms with van der Waals surface area (Å²) in [6.45, 7) is 5.02. The Morgan fingerprint density at radius 1 is 1.02 bits per heavy atom. The van der Waals surface area contributed by atoms with Gasteiger partial charge in [0.15, 0.2) is 18.1 Å². The number of methoxy groups -OCH3 is 2. The summed E-state index contributed by atoms with van der Waals surface area (Å²) >= 11 is 0. The molecule has 1 saturated heterocycles. The van der Waals surface area contributed by atoms with Gasteiger partial charge in [-0.15, -0.1) is 0 Å². The number of furan rings is 1. The minimum absolute atomic E-state index is 0.0844. The molecule has 9 nitrogen and oxygen atoms in total. The number of hydrogen-bond donors (Lipinski definition) is 1. The Bertz CT molecular complexity index is 1530. The average Bonchev–Trinajstić information content (AvgIpc) is 3.62. The van der Waals surface area contributed by atoms with Crippen LogP contribution in [0.1, 0.15) is 35.8 Å². The first-order valence-corrected chi connectivity index (χ1v) is 14.1. The summed E-state index contributed by atoms with van der Waals surface area (Å²) < 4.78 is 36.9. The second kappa shape index (κ2) is 13.2. The molecule has 10 heteroatoms. The van der Waals surface area contributed by atoms with Crippen LogP contribution in [0, 0.1) is 5.82 Å². The molecular formula is C33H36FN3O6. The van der Waals surface area contributed by atoms with Crippen LogP contribution in [0.2, 0.25) is 0 Å². The maximum Gasteiger partial charge on any atom is 0.260 e. The van der Waals surface area contributed by atoms with E-state index in [1.54, 1.807) is 41.5 Å². The Kier molecular flexibility index (Phi) is 9.16. The third-order valence-corrected chi connectivity index (χ3v) is 7.82. The molecule has 5 rings (SSSR count). The second-order valence-corrected chi connectivity index (χ2v) is 10.6. The molecule has 0 atom stereocenters.